The smallest absolute Gasteiger partial charge is 0.232 e. The highest BCUT2D eigenvalue weighted by atomic mass is 32.2. The molecule has 2 aromatic rings. The lowest BCUT2D eigenvalue weighted by Crippen LogP contribution is -2.31. The van der Waals surface area contributed by atoms with Gasteiger partial charge in [0.15, 0.2) is 0 Å². The lowest BCUT2D eigenvalue weighted by Gasteiger charge is -2.10. The zero-order chi connectivity index (χ0) is 20.6. The number of hydrogen-bond acceptors (Lipinski definition) is 6. The summed E-state index contributed by atoms with van der Waals surface area (Å²) in [4.78, 5) is 20.5. The fraction of sp³-hybridized carbons (Fsp3) is 0.421. The van der Waals surface area contributed by atoms with E-state index in [0.29, 0.717) is 36.7 Å². The predicted molar refractivity (Wildman–Crippen MR) is 108 cm³/mol. The Morgan fingerprint density at radius 1 is 1.14 bits per heavy atom. The van der Waals surface area contributed by atoms with E-state index in [1.165, 1.54) is 0 Å². The topological polar surface area (TPSA) is 110 Å². The van der Waals surface area contributed by atoms with Crippen LogP contribution in [0.25, 0.3) is 0 Å². The third kappa shape index (κ3) is 7.24. The molecular formula is C19H26N4O4S. The Labute approximate surface area is 165 Å². The van der Waals surface area contributed by atoms with E-state index in [1.807, 2.05) is 30.3 Å². The van der Waals surface area contributed by atoms with E-state index < -0.39 is 15.3 Å². The van der Waals surface area contributed by atoms with E-state index in [1.54, 1.807) is 26.8 Å². The van der Waals surface area contributed by atoms with Crippen molar-refractivity contribution in [1.29, 1.82) is 0 Å². The molecule has 0 saturated heterocycles. The van der Waals surface area contributed by atoms with Crippen LogP contribution in [0.2, 0.25) is 0 Å². The van der Waals surface area contributed by atoms with Crippen molar-refractivity contribution in [2.75, 3.05) is 11.9 Å². The minimum absolute atomic E-state index is 0.177. The minimum atomic E-state index is -3.27. The molecule has 1 aromatic carbocycles. The number of amides is 1. The molecule has 152 valence electrons. The molecule has 9 heteroatoms. The summed E-state index contributed by atoms with van der Waals surface area (Å²) in [5.41, 5.74) is 0.666. The Bertz CT molecular complexity index is 886. The summed E-state index contributed by atoms with van der Waals surface area (Å²) >= 11 is 0. The number of nitrogens with one attached hydrogen (secondary N) is 2. The first-order valence-electron chi connectivity index (χ1n) is 9.13. The number of hydrogen-bond donors (Lipinski definition) is 2. The molecule has 0 unspecified atom stereocenters. The molecule has 1 aromatic heterocycles. The van der Waals surface area contributed by atoms with E-state index in [9.17, 15) is 13.2 Å². The Hall–Kier alpha value is -2.52. The van der Waals surface area contributed by atoms with E-state index in [0.717, 1.165) is 0 Å². The average molecular weight is 407 g/mol. The van der Waals surface area contributed by atoms with E-state index >= 15 is 0 Å². The summed E-state index contributed by atoms with van der Waals surface area (Å²) < 4.78 is 31.5. The lowest BCUT2D eigenvalue weighted by atomic mass is 10.2. The van der Waals surface area contributed by atoms with Gasteiger partial charge in [-0.3, -0.25) is 10.1 Å². The predicted octanol–water partition coefficient (Wildman–Crippen LogP) is 3.01. The largest absolute Gasteiger partial charge is 0.439 e. The minimum Gasteiger partial charge on any atom is -0.439 e. The van der Waals surface area contributed by atoms with Gasteiger partial charge in [0.05, 0.1) is 5.25 Å². The lowest BCUT2D eigenvalue weighted by molar-refractivity contribution is -0.116. The van der Waals surface area contributed by atoms with Gasteiger partial charge in [0, 0.05) is 24.7 Å². The van der Waals surface area contributed by atoms with Gasteiger partial charge in [0.2, 0.25) is 27.8 Å². The van der Waals surface area contributed by atoms with Gasteiger partial charge in [-0.15, -0.1) is 0 Å². The average Bonchev–Trinajstić information content (AvgIpc) is 2.61. The number of benzene rings is 1. The maximum Gasteiger partial charge on any atom is 0.232 e. The van der Waals surface area contributed by atoms with Crippen LogP contribution in [-0.2, 0) is 14.8 Å². The van der Waals surface area contributed by atoms with Crippen LogP contribution in [0.5, 0.6) is 11.6 Å². The molecular weight excluding hydrogens is 380 g/mol. The van der Waals surface area contributed by atoms with Crippen LogP contribution in [0, 0.1) is 6.92 Å². The van der Waals surface area contributed by atoms with Gasteiger partial charge in [-0.05, 0) is 45.7 Å². The number of anilines is 1. The Kier molecular flexibility index (Phi) is 7.89. The highest BCUT2D eigenvalue weighted by Gasteiger charge is 2.14. The molecule has 0 aliphatic carbocycles. The SMILES string of the molecule is Cc1cc(Oc2ccccc2)nc(NC(=O)CCCCNS(=O)(=O)C(C)C)n1. The van der Waals surface area contributed by atoms with E-state index in [2.05, 4.69) is 20.0 Å². The van der Waals surface area contributed by atoms with Gasteiger partial charge in [0.1, 0.15) is 5.75 Å². The van der Waals surface area contributed by atoms with Gasteiger partial charge < -0.3 is 4.74 Å². The second kappa shape index (κ2) is 10.1. The summed E-state index contributed by atoms with van der Waals surface area (Å²) in [6, 6.07) is 10.9. The number of aromatic nitrogens is 2. The molecule has 2 rings (SSSR count). The van der Waals surface area contributed by atoms with E-state index in [4.69, 9.17) is 4.74 Å². The second-order valence-electron chi connectivity index (χ2n) is 6.58. The highest BCUT2D eigenvalue weighted by Crippen LogP contribution is 2.20. The van der Waals surface area contributed by atoms with Gasteiger partial charge >= 0.3 is 0 Å². The fourth-order valence-corrected chi connectivity index (χ4v) is 3.00. The second-order valence-corrected chi connectivity index (χ2v) is 8.90. The van der Waals surface area contributed by atoms with Crippen LogP contribution < -0.4 is 14.8 Å². The molecule has 0 aliphatic rings. The molecule has 1 heterocycles. The number of nitrogens with zero attached hydrogens (tertiary/aromatic N) is 2. The number of aryl methyl sites for hydroxylation is 1. The maximum atomic E-state index is 12.1. The van der Waals surface area contributed by atoms with Crippen LogP contribution in [0.3, 0.4) is 0 Å². The van der Waals surface area contributed by atoms with E-state index in [-0.39, 0.29) is 18.3 Å². The number of para-hydroxylation sites is 1. The summed E-state index contributed by atoms with van der Waals surface area (Å²) in [6.45, 7) is 5.33. The molecule has 28 heavy (non-hydrogen) atoms. The standard InChI is InChI=1S/C19H26N4O4S/c1-14(2)28(25,26)20-12-8-7-11-17(24)22-19-21-15(3)13-18(23-19)27-16-9-5-4-6-10-16/h4-6,9-10,13-14,20H,7-8,11-12H2,1-3H3,(H,21,22,23,24). The zero-order valence-corrected chi connectivity index (χ0v) is 17.1. The van der Waals surface area contributed by atoms with Crippen LogP contribution >= 0.6 is 0 Å². The Morgan fingerprint density at radius 3 is 2.54 bits per heavy atom. The molecule has 0 radical (unpaired) electrons. The highest BCUT2D eigenvalue weighted by molar-refractivity contribution is 7.90. The Balaban J connectivity index is 1.82. The molecule has 0 saturated carbocycles. The third-order valence-corrected chi connectivity index (χ3v) is 5.65. The van der Waals surface area contributed by atoms with Crippen molar-refractivity contribution in [3.63, 3.8) is 0 Å². The summed E-state index contributed by atoms with van der Waals surface area (Å²) in [6.07, 6.45) is 1.36. The van der Waals surface area contributed by atoms with Gasteiger partial charge in [0.25, 0.3) is 0 Å². The first-order chi connectivity index (χ1) is 13.3. The number of carbonyl (C=O) groups excluding carboxylic acids is 1. The van der Waals surface area contributed by atoms with Crippen molar-refractivity contribution in [1.82, 2.24) is 14.7 Å². The van der Waals surface area contributed by atoms with Gasteiger partial charge in [-0.25, -0.2) is 18.1 Å². The first-order valence-corrected chi connectivity index (χ1v) is 10.7. The monoisotopic (exact) mass is 406 g/mol. The molecule has 0 atom stereocenters. The number of carbonyl (C=O) groups is 1. The number of unbranched alkanes of at least 4 members (excludes halogenated alkanes) is 1. The third-order valence-electron chi connectivity index (χ3n) is 3.80. The molecule has 2 N–H and O–H groups in total. The molecule has 0 aliphatic heterocycles. The van der Waals surface area contributed by atoms with Crippen LogP contribution in [0.1, 0.15) is 38.8 Å². The van der Waals surface area contributed by atoms with Crippen molar-refractivity contribution >= 4 is 21.9 Å². The van der Waals surface area contributed by atoms with Crippen LogP contribution in [0.4, 0.5) is 5.95 Å². The molecule has 0 spiro atoms. The molecule has 1 amide bonds. The first kappa shape index (κ1) is 21.8. The van der Waals surface area contributed by atoms with Crippen LogP contribution in [0.15, 0.2) is 36.4 Å². The fourth-order valence-electron chi connectivity index (χ4n) is 2.24. The number of ether oxygens (including phenoxy) is 1. The normalized spacial score (nSPS) is 11.4. The number of sulfonamides is 1. The summed E-state index contributed by atoms with van der Waals surface area (Å²) in [5.74, 6) is 0.929. The van der Waals surface area contributed by atoms with Crippen molar-refractivity contribution in [3.8, 4) is 11.6 Å². The Morgan fingerprint density at radius 2 is 1.86 bits per heavy atom. The molecule has 0 bridgehead atoms. The van der Waals surface area contributed by atoms with Crippen molar-refractivity contribution in [2.24, 2.45) is 0 Å². The van der Waals surface area contributed by atoms with Crippen molar-refractivity contribution in [3.05, 3.63) is 42.1 Å². The zero-order valence-electron chi connectivity index (χ0n) is 16.3. The summed E-state index contributed by atoms with van der Waals surface area (Å²) in [5, 5.41) is 2.18. The molecule has 0 fully saturated rings. The number of rotatable bonds is 10. The maximum absolute atomic E-state index is 12.1. The quantitative estimate of drug-likeness (QED) is 0.587. The van der Waals surface area contributed by atoms with Gasteiger partial charge in [-0.1, -0.05) is 18.2 Å². The van der Waals surface area contributed by atoms with Crippen molar-refractivity contribution in [2.45, 2.75) is 45.3 Å². The van der Waals surface area contributed by atoms with Crippen LogP contribution in [-0.4, -0.2) is 36.1 Å². The van der Waals surface area contributed by atoms with Gasteiger partial charge in [-0.2, -0.15) is 4.98 Å². The van der Waals surface area contributed by atoms with Crippen molar-refractivity contribution < 1.29 is 17.9 Å². The summed E-state index contributed by atoms with van der Waals surface area (Å²) in [7, 11) is -3.27. The molecule has 8 nitrogen and oxygen atoms in total.